The van der Waals surface area contributed by atoms with Crippen molar-refractivity contribution < 1.29 is 26.7 Å². The van der Waals surface area contributed by atoms with E-state index in [1.54, 1.807) is 7.11 Å². The van der Waals surface area contributed by atoms with Crippen LogP contribution in [-0.2, 0) is 6.54 Å². The van der Waals surface area contributed by atoms with Crippen LogP contribution >= 0.6 is 0 Å². The van der Waals surface area contributed by atoms with Gasteiger partial charge in [0.25, 0.3) is 0 Å². The molecule has 3 aliphatic heterocycles. The van der Waals surface area contributed by atoms with Crippen LogP contribution in [0.3, 0.4) is 0 Å². The van der Waals surface area contributed by atoms with Gasteiger partial charge in [-0.3, -0.25) is 4.98 Å². The van der Waals surface area contributed by atoms with Crippen molar-refractivity contribution in [2.24, 2.45) is 11.8 Å². The van der Waals surface area contributed by atoms with Crippen LogP contribution in [0.15, 0.2) is 73.4 Å². The summed E-state index contributed by atoms with van der Waals surface area (Å²) in [4.78, 5) is 4.52. The first-order chi connectivity index (χ1) is 15.1. The lowest BCUT2D eigenvalue weighted by molar-refractivity contribution is -0.984. The van der Waals surface area contributed by atoms with E-state index >= 15 is 0 Å². The Balaban J connectivity index is 0.00000245. The Kier molecular flexibility index (Phi) is 6.57. The minimum absolute atomic E-state index is 0. The van der Waals surface area contributed by atoms with E-state index in [-0.39, 0.29) is 18.4 Å². The van der Waals surface area contributed by atoms with Gasteiger partial charge in [0.1, 0.15) is 24.4 Å². The van der Waals surface area contributed by atoms with Crippen molar-refractivity contribution in [1.82, 2.24) is 4.98 Å². The zero-order chi connectivity index (χ0) is 21.4. The predicted octanol–water partition coefficient (Wildman–Crippen LogP) is 1.89. The molecule has 3 saturated heterocycles. The average Bonchev–Trinajstić information content (AvgIpc) is 2.83. The fraction of sp³-hybridized carbons (Fsp3) is 0.370. The molecule has 0 radical (unpaired) electrons. The van der Waals surface area contributed by atoms with Crippen molar-refractivity contribution in [2.75, 3.05) is 20.2 Å². The molecule has 4 heterocycles. The highest BCUT2D eigenvalue weighted by Crippen LogP contribution is 2.48. The Bertz CT molecular complexity index is 1090. The van der Waals surface area contributed by atoms with Crippen molar-refractivity contribution in [3.63, 3.8) is 0 Å². The van der Waals surface area contributed by atoms with E-state index in [2.05, 4.69) is 48.0 Å². The van der Waals surface area contributed by atoms with Gasteiger partial charge in [0.15, 0.2) is 0 Å². The van der Waals surface area contributed by atoms with Gasteiger partial charge in [-0.2, -0.15) is 0 Å². The van der Waals surface area contributed by atoms with Crippen molar-refractivity contribution >= 4 is 10.9 Å². The summed E-state index contributed by atoms with van der Waals surface area (Å²) in [5.74, 6) is 1.92. The molecule has 6 rings (SSSR count). The number of aromatic nitrogens is 1. The summed E-state index contributed by atoms with van der Waals surface area (Å²) in [7, 11) is 1.68. The van der Waals surface area contributed by atoms with Crippen LogP contribution in [0.25, 0.3) is 10.9 Å². The van der Waals surface area contributed by atoms with E-state index in [0.717, 1.165) is 52.8 Å². The van der Waals surface area contributed by atoms with Crippen LogP contribution in [0.5, 0.6) is 5.75 Å². The van der Waals surface area contributed by atoms with Gasteiger partial charge in [-0.25, -0.2) is 0 Å². The van der Waals surface area contributed by atoms with Crippen molar-refractivity contribution in [3.05, 3.63) is 84.6 Å². The monoisotopic (exact) mass is 450 g/mol. The van der Waals surface area contributed by atoms with E-state index < -0.39 is 6.10 Å². The largest absolute Gasteiger partial charge is 1.00 e. The molecule has 3 fully saturated rings. The number of hydrogen-bond donors (Lipinski definition) is 1. The molecular weight excluding hydrogens is 420 g/mol. The number of rotatable bonds is 6. The minimum atomic E-state index is -0.546. The van der Waals surface area contributed by atoms with Crippen LogP contribution in [0.4, 0.5) is 0 Å². The molecule has 3 aliphatic rings. The number of aliphatic hydroxyl groups excluding tert-OH is 1. The highest BCUT2D eigenvalue weighted by atomic mass is 35.5. The molecule has 4 nitrogen and oxygen atoms in total. The number of aliphatic hydroxyl groups is 1. The highest BCUT2D eigenvalue weighted by molar-refractivity contribution is 5.83. The van der Waals surface area contributed by atoms with Gasteiger partial charge in [-0.05, 0) is 35.7 Å². The van der Waals surface area contributed by atoms with Crippen LogP contribution in [0.2, 0.25) is 0 Å². The predicted molar refractivity (Wildman–Crippen MR) is 124 cm³/mol. The number of fused-ring (bicyclic) bond motifs is 4. The van der Waals surface area contributed by atoms with Gasteiger partial charge in [-0.1, -0.05) is 36.4 Å². The highest BCUT2D eigenvalue weighted by Gasteiger charge is 2.53. The maximum absolute atomic E-state index is 11.8. The third kappa shape index (κ3) is 3.92. The molecule has 2 bridgehead atoms. The number of piperidine rings is 3. The van der Waals surface area contributed by atoms with Gasteiger partial charge in [0, 0.05) is 35.9 Å². The summed E-state index contributed by atoms with van der Waals surface area (Å²) >= 11 is 0. The molecule has 3 aromatic rings. The van der Waals surface area contributed by atoms with Crippen LogP contribution < -0.4 is 17.1 Å². The van der Waals surface area contributed by atoms with E-state index in [9.17, 15) is 5.11 Å². The first kappa shape index (κ1) is 22.8. The summed E-state index contributed by atoms with van der Waals surface area (Å²) in [6, 6.07) is 18.8. The lowest BCUT2D eigenvalue weighted by Gasteiger charge is -2.58. The number of hydrogen-bond acceptors (Lipinski definition) is 3. The molecule has 1 aromatic heterocycles. The summed E-state index contributed by atoms with van der Waals surface area (Å²) in [6.07, 6.45) is 5.65. The lowest BCUT2D eigenvalue weighted by atomic mass is 9.71. The fourth-order valence-electron chi connectivity index (χ4n) is 6.07. The summed E-state index contributed by atoms with van der Waals surface area (Å²) < 4.78 is 6.38. The molecule has 32 heavy (non-hydrogen) atoms. The third-order valence-corrected chi connectivity index (χ3v) is 7.68. The molecule has 5 atom stereocenters. The number of halogens is 1. The van der Waals surface area contributed by atoms with E-state index in [1.807, 2.05) is 30.5 Å². The van der Waals surface area contributed by atoms with Gasteiger partial charge >= 0.3 is 0 Å². The normalized spacial score (nSPS) is 27.5. The number of ether oxygens (including phenoxy) is 1. The molecule has 0 saturated carbocycles. The van der Waals surface area contributed by atoms with E-state index in [0.29, 0.717) is 11.8 Å². The van der Waals surface area contributed by atoms with Crippen LogP contribution in [0, 0.1) is 11.8 Å². The van der Waals surface area contributed by atoms with Crippen molar-refractivity contribution in [1.29, 1.82) is 0 Å². The Morgan fingerprint density at radius 1 is 1.22 bits per heavy atom. The smallest absolute Gasteiger partial charge is 0.131 e. The second-order valence-corrected chi connectivity index (χ2v) is 9.25. The van der Waals surface area contributed by atoms with Gasteiger partial charge in [0.2, 0.25) is 0 Å². The maximum Gasteiger partial charge on any atom is 0.131 e. The minimum Gasteiger partial charge on any atom is -1.00 e. The Labute approximate surface area is 196 Å². The first-order valence-corrected chi connectivity index (χ1v) is 11.3. The fourth-order valence-corrected chi connectivity index (χ4v) is 6.07. The summed E-state index contributed by atoms with van der Waals surface area (Å²) in [6.45, 7) is 7.25. The lowest BCUT2D eigenvalue weighted by Crippen LogP contribution is -3.00. The Morgan fingerprint density at radius 3 is 2.78 bits per heavy atom. The molecule has 168 valence electrons. The summed E-state index contributed by atoms with van der Waals surface area (Å²) in [5.41, 5.74) is 3.19. The second kappa shape index (κ2) is 9.22. The van der Waals surface area contributed by atoms with Gasteiger partial charge in [0.05, 0.1) is 25.7 Å². The summed E-state index contributed by atoms with van der Waals surface area (Å²) in [5, 5.41) is 12.8. The average molecular weight is 451 g/mol. The molecule has 0 spiro atoms. The number of nitrogens with zero attached hydrogens (tertiary/aromatic N) is 2. The zero-order valence-electron chi connectivity index (χ0n) is 18.5. The maximum atomic E-state index is 11.8. The van der Waals surface area contributed by atoms with Crippen molar-refractivity contribution in [3.8, 4) is 5.75 Å². The molecule has 5 heteroatoms. The third-order valence-electron chi connectivity index (χ3n) is 7.68. The van der Waals surface area contributed by atoms with Crippen LogP contribution in [-0.4, -0.2) is 40.8 Å². The number of methoxy groups -OCH3 is 1. The molecule has 1 unspecified atom stereocenters. The zero-order valence-corrected chi connectivity index (χ0v) is 19.3. The molecule has 1 N–H and O–H groups in total. The molecule has 2 aromatic carbocycles. The first-order valence-electron chi connectivity index (χ1n) is 11.3. The molecular formula is C27H31ClN2O2. The standard InChI is InChI=1S/C27H31N2O2.ClH/c1-3-20-18-29(17-19-7-5-4-6-8-19)14-12-21(20)15-26(29)27(30)23-11-13-28-25-10-9-22(31-2)16-24(23)25;/h3-11,13,16,20-21,26-27,30H,1,12,14-15,17-18H2,2H3;1H/q+1;/p-1/t20-,21-,26-,27+,29?;/m0./s1. The Hall–Kier alpha value is -2.40. The number of benzene rings is 2. The van der Waals surface area contributed by atoms with E-state index in [1.165, 1.54) is 12.0 Å². The number of pyridine rings is 1. The number of quaternary nitrogens is 1. The van der Waals surface area contributed by atoms with Crippen LogP contribution in [0.1, 0.15) is 30.1 Å². The molecule has 0 aliphatic carbocycles. The van der Waals surface area contributed by atoms with E-state index in [4.69, 9.17) is 4.74 Å². The molecule has 0 amide bonds. The Morgan fingerprint density at radius 2 is 2.03 bits per heavy atom. The topological polar surface area (TPSA) is 42.4 Å². The van der Waals surface area contributed by atoms with Gasteiger partial charge < -0.3 is 26.7 Å². The van der Waals surface area contributed by atoms with Gasteiger partial charge in [-0.15, -0.1) is 6.58 Å². The quantitative estimate of drug-likeness (QED) is 0.460. The van der Waals surface area contributed by atoms with Crippen molar-refractivity contribution in [2.45, 2.75) is 31.5 Å². The SMILES string of the molecule is C=C[C@H]1C[N+]2(Cc3ccccc3)CC[C@H]1C[C@H]2[C@H](O)c1ccnc2ccc(OC)cc12.[Cl-]. The second-order valence-electron chi connectivity index (χ2n) is 9.25.